The Bertz CT molecular complexity index is 3300. The highest BCUT2D eigenvalue weighted by Crippen LogP contribution is 2.45. The average Bonchev–Trinajstić information content (AvgIpc) is 3.37. The SMILES string of the molecule is c1ccc(-c2ccc(N(c3ccc(-c4cccc5cccc(-c6ccc7ccccc7c6)c45)cc3)c3cc(-c4ccccc4)cc(N(c4ccccc4)c4ccccc4)c3)cc2)cc1. The zero-order valence-electron chi connectivity index (χ0n) is 35.3. The van der Waals surface area contributed by atoms with Crippen LogP contribution < -0.4 is 9.80 Å². The summed E-state index contributed by atoms with van der Waals surface area (Å²) < 4.78 is 0. The Morgan fingerprint density at radius 2 is 0.578 bits per heavy atom. The Labute approximate surface area is 375 Å². The first kappa shape index (κ1) is 38.5. The maximum absolute atomic E-state index is 2.40. The summed E-state index contributed by atoms with van der Waals surface area (Å²) in [5, 5.41) is 4.96. The fourth-order valence-electron chi connectivity index (χ4n) is 9.10. The third-order valence-electron chi connectivity index (χ3n) is 12.2. The lowest BCUT2D eigenvalue weighted by Crippen LogP contribution is -2.13. The van der Waals surface area contributed by atoms with Crippen molar-refractivity contribution in [2.45, 2.75) is 0 Å². The van der Waals surface area contributed by atoms with Crippen LogP contribution in [0.4, 0.5) is 34.1 Å². The summed E-state index contributed by atoms with van der Waals surface area (Å²) in [4.78, 5) is 4.75. The van der Waals surface area contributed by atoms with Gasteiger partial charge in [-0.3, -0.25) is 0 Å². The standard InChI is InChI=1S/C62H44N2/c1-5-17-45(18-6-1)48-33-37-56(38-34-48)64(59-43-53(46-19-7-2-8-20-46)42-58(44-59)63(54-25-9-3-10-26-54)55-27-11-4-12-28-55)57-39-35-49(36-40-57)60-29-15-23-50-24-16-30-61(62(50)60)52-32-31-47-21-13-14-22-51(47)41-52/h1-44H. The van der Waals surface area contributed by atoms with E-state index in [2.05, 4.69) is 277 Å². The Balaban J connectivity index is 1.08. The van der Waals surface area contributed by atoms with Crippen LogP contribution in [0.15, 0.2) is 267 Å². The molecule has 0 atom stereocenters. The number of rotatable bonds is 10. The van der Waals surface area contributed by atoms with Gasteiger partial charge in [-0.25, -0.2) is 0 Å². The second kappa shape index (κ2) is 17.1. The summed E-state index contributed by atoms with van der Waals surface area (Å²) in [6.45, 7) is 0. The monoisotopic (exact) mass is 816 g/mol. The van der Waals surface area contributed by atoms with Gasteiger partial charge in [0.15, 0.2) is 0 Å². The van der Waals surface area contributed by atoms with Gasteiger partial charge in [-0.05, 0) is 139 Å². The topological polar surface area (TPSA) is 6.48 Å². The van der Waals surface area contributed by atoms with E-state index in [1.54, 1.807) is 0 Å². The van der Waals surface area contributed by atoms with E-state index in [9.17, 15) is 0 Å². The van der Waals surface area contributed by atoms with E-state index in [1.165, 1.54) is 54.9 Å². The number of benzene rings is 11. The number of anilines is 6. The Hall–Kier alpha value is -8.46. The third kappa shape index (κ3) is 7.59. The second-order valence-electron chi connectivity index (χ2n) is 16.2. The van der Waals surface area contributed by atoms with Gasteiger partial charge in [0.1, 0.15) is 0 Å². The van der Waals surface area contributed by atoms with Gasteiger partial charge in [0.2, 0.25) is 0 Å². The van der Waals surface area contributed by atoms with E-state index < -0.39 is 0 Å². The molecular formula is C62H44N2. The van der Waals surface area contributed by atoms with Crippen LogP contribution in [-0.4, -0.2) is 0 Å². The summed E-state index contributed by atoms with van der Waals surface area (Å²) in [5.41, 5.74) is 15.9. The van der Waals surface area contributed by atoms with Crippen molar-refractivity contribution in [3.05, 3.63) is 267 Å². The van der Waals surface area contributed by atoms with Crippen molar-refractivity contribution < 1.29 is 0 Å². The molecule has 0 spiro atoms. The molecule has 64 heavy (non-hydrogen) atoms. The molecule has 0 saturated carbocycles. The molecule has 0 aliphatic heterocycles. The minimum Gasteiger partial charge on any atom is -0.310 e. The van der Waals surface area contributed by atoms with E-state index in [0.29, 0.717) is 0 Å². The molecule has 0 fully saturated rings. The third-order valence-corrected chi connectivity index (χ3v) is 12.2. The fourth-order valence-corrected chi connectivity index (χ4v) is 9.10. The molecule has 0 radical (unpaired) electrons. The predicted molar refractivity (Wildman–Crippen MR) is 273 cm³/mol. The van der Waals surface area contributed by atoms with Crippen molar-refractivity contribution in [1.29, 1.82) is 0 Å². The highest BCUT2D eigenvalue weighted by molar-refractivity contribution is 6.07. The number of hydrogen-bond acceptors (Lipinski definition) is 2. The molecular weight excluding hydrogens is 773 g/mol. The van der Waals surface area contributed by atoms with E-state index in [1.807, 2.05) is 0 Å². The quantitative estimate of drug-likeness (QED) is 0.136. The molecule has 0 saturated heterocycles. The van der Waals surface area contributed by atoms with Crippen LogP contribution in [0.5, 0.6) is 0 Å². The highest BCUT2D eigenvalue weighted by Gasteiger charge is 2.20. The first-order valence-corrected chi connectivity index (χ1v) is 21.9. The molecule has 0 unspecified atom stereocenters. The molecule has 0 bridgehead atoms. The lowest BCUT2D eigenvalue weighted by Gasteiger charge is -2.30. The maximum atomic E-state index is 2.40. The number of nitrogens with zero attached hydrogens (tertiary/aromatic N) is 2. The molecule has 0 amide bonds. The van der Waals surface area contributed by atoms with Crippen molar-refractivity contribution in [3.8, 4) is 44.5 Å². The molecule has 11 rings (SSSR count). The predicted octanol–water partition coefficient (Wildman–Crippen LogP) is 17.6. The summed E-state index contributed by atoms with van der Waals surface area (Å²) in [7, 11) is 0. The van der Waals surface area contributed by atoms with Gasteiger partial charge in [-0.2, -0.15) is 0 Å². The van der Waals surface area contributed by atoms with Gasteiger partial charge in [-0.15, -0.1) is 0 Å². The number of hydrogen-bond donors (Lipinski definition) is 0. The number of para-hydroxylation sites is 2. The summed E-state index contributed by atoms with van der Waals surface area (Å²) in [6.07, 6.45) is 0. The average molecular weight is 817 g/mol. The van der Waals surface area contributed by atoms with Crippen LogP contribution in [0.2, 0.25) is 0 Å². The molecule has 0 aromatic heterocycles. The fraction of sp³-hybridized carbons (Fsp3) is 0. The van der Waals surface area contributed by atoms with Crippen LogP contribution in [0.3, 0.4) is 0 Å². The number of fused-ring (bicyclic) bond motifs is 2. The molecule has 0 heterocycles. The molecule has 2 nitrogen and oxygen atoms in total. The van der Waals surface area contributed by atoms with E-state index in [0.717, 1.165) is 45.3 Å². The normalized spacial score (nSPS) is 11.1. The van der Waals surface area contributed by atoms with Crippen LogP contribution in [0, 0.1) is 0 Å². The molecule has 11 aromatic carbocycles. The van der Waals surface area contributed by atoms with Gasteiger partial charge in [0.05, 0.1) is 0 Å². The van der Waals surface area contributed by atoms with Crippen molar-refractivity contribution in [2.75, 3.05) is 9.80 Å². The van der Waals surface area contributed by atoms with Crippen LogP contribution in [0.1, 0.15) is 0 Å². The van der Waals surface area contributed by atoms with Crippen molar-refractivity contribution in [2.24, 2.45) is 0 Å². The van der Waals surface area contributed by atoms with Crippen LogP contribution in [0.25, 0.3) is 66.1 Å². The molecule has 2 heteroatoms. The van der Waals surface area contributed by atoms with Gasteiger partial charge in [0, 0.05) is 34.1 Å². The van der Waals surface area contributed by atoms with Crippen molar-refractivity contribution in [1.82, 2.24) is 0 Å². The Kier molecular flexibility index (Phi) is 10.3. The van der Waals surface area contributed by atoms with Crippen molar-refractivity contribution >= 4 is 55.7 Å². The minimum absolute atomic E-state index is 1.05. The van der Waals surface area contributed by atoms with E-state index in [-0.39, 0.29) is 0 Å². The molecule has 302 valence electrons. The summed E-state index contributed by atoms with van der Waals surface area (Å²) >= 11 is 0. The molecule has 0 aliphatic carbocycles. The Morgan fingerprint density at radius 1 is 0.188 bits per heavy atom. The first-order chi connectivity index (χ1) is 31.7. The first-order valence-electron chi connectivity index (χ1n) is 21.9. The van der Waals surface area contributed by atoms with Crippen LogP contribution >= 0.6 is 0 Å². The smallest absolute Gasteiger partial charge is 0.0488 e. The molecule has 0 N–H and O–H groups in total. The zero-order chi connectivity index (χ0) is 42.7. The lowest BCUT2D eigenvalue weighted by molar-refractivity contribution is 1.25. The van der Waals surface area contributed by atoms with Gasteiger partial charge >= 0.3 is 0 Å². The summed E-state index contributed by atoms with van der Waals surface area (Å²) in [6, 6.07) is 96.4. The van der Waals surface area contributed by atoms with Gasteiger partial charge in [-0.1, -0.05) is 194 Å². The minimum atomic E-state index is 1.05. The zero-order valence-corrected chi connectivity index (χ0v) is 35.3. The van der Waals surface area contributed by atoms with Gasteiger partial charge in [0.25, 0.3) is 0 Å². The van der Waals surface area contributed by atoms with Crippen LogP contribution in [-0.2, 0) is 0 Å². The highest BCUT2D eigenvalue weighted by atomic mass is 15.2. The van der Waals surface area contributed by atoms with E-state index in [4.69, 9.17) is 0 Å². The summed E-state index contributed by atoms with van der Waals surface area (Å²) in [5.74, 6) is 0. The van der Waals surface area contributed by atoms with E-state index >= 15 is 0 Å². The van der Waals surface area contributed by atoms with Crippen molar-refractivity contribution in [3.63, 3.8) is 0 Å². The molecule has 0 aliphatic rings. The maximum Gasteiger partial charge on any atom is 0.0488 e. The second-order valence-corrected chi connectivity index (χ2v) is 16.2. The molecule has 11 aromatic rings. The largest absolute Gasteiger partial charge is 0.310 e. The Morgan fingerprint density at radius 3 is 1.12 bits per heavy atom. The van der Waals surface area contributed by atoms with Gasteiger partial charge < -0.3 is 9.80 Å². The lowest BCUT2D eigenvalue weighted by atomic mass is 9.90.